The summed E-state index contributed by atoms with van der Waals surface area (Å²) in [5.41, 5.74) is 3.36. The normalized spacial score (nSPS) is 16.3. The second-order valence-corrected chi connectivity index (χ2v) is 10.4. The number of aromatic amines is 1. The van der Waals surface area contributed by atoms with E-state index in [1.54, 1.807) is 0 Å². The van der Waals surface area contributed by atoms with E-state index in [4.69, 9.17) is 9.97 Å². The summed E-state index contributed by atoms with van der Waals surface area (Å²) in [6.07, 6.45) is 8.47. The standard InChI is InChI=1S/C28H43N7/c1-6-9-11-23(15-20(8-3)10-7-2)29-28-30-25-16-21(22-17-35(5)18-22)12-13-24(25)27(32-28)31-26-14-19(4)33-34-26/h12-14,16,20,22-23H,6-11,15,17-18H2,1-5H3,(H3,29,30,31,32,33,34). The summed E-state index contributed by atoms with van der Waals surface area (Å²) in [6.45, 7) is 11.1. The van der Waals surface area contributed by atoms with Crippen molar-refractivity contribution in [2.45, 2.75) is 84.6 Å². The molecular weight excluding hydrogens is 434 g/mol. The molecule has 2 aromatic heterocycles. The molecule has 190 valence electrons. The molecule has 2 unspecified atom stereocenters. The van der Waals surface area contributed by atoms with E-state index < -0.39 is 0 Å². The molecule has 0 spiro atoms. The van der Waals surface area contributed by atoms with Gasteiger partial charge >= 0.3 is 0 Å². The molecule has 0 aliphatic carbocycles. The number of likely N-dealkylation sites (N-methyl/N-ethyl adjacent to an activating group) is 1. The number of fused-ring (bicyclic) bond motifs is 1. The lowest BCUT2D eigenvalue weighted by Gasteiger charge is -2.36. The number of benzene rings is 1. The molecule has 1 saturated heterocycles. The van der Waals surface area contributed by atoms with Crippen LogP contribution in [0, 0.1) is 12.8 Å². The Hall–Kier alpha value is -2.67. The summed E-state index contributed by atoms with van der Waals surface area (Å²) in [5, 5.41) is 15.6. The van der Waals surface area contributed by atoms with Gasteiger partial charge in [-0.1, -0.05) is 58.9 Å². The average molecular weight is 478 g/mol. The van der Waals surface area contributed by atoms with E-state index in [0.717, 1.165) is 53.7 Å². The molecule has 35 heavy (non-hydrogen) atoms. The molecule has 3 aromatic rings. The van der Waals surface area contributed by atoms with Crippen molar-refractivity contribution in [2.75, 3.05) is 30.8 Å². The predicted molar refractivity (Wildman–Crippen MR) is 147 cm³/mol. The molecule has 3 N–H and O–H groups in total. The third-order valence-electron chi connectivity index (χ3n) is 7.34. The van der Waals surface area contributed by atoms with Crippen molar-refractivity contribution >= 4 is 28.5 Å². The van der Waals surface area contributed by atoms with Crippen molar-refractivity contribution < 1.29 is 0 Å². The van der Waals surface area contributed by atoms with Crippen LogP contribution in [0.3, 0.4) is 0 Å². The predicted octanol–water partition coefficient (Wildman–Crippen LogP) is 6.62. The third kappa shape index (κ3) is 6.51. The monoisotopic (exact) mass is 477 g/mol. The van der Waals surface area contributed by atoms with Crippen LogP contribution in [0.25, 0.3) is 10.9 Å². The number of H-pyrrole nitrogens is 1. The van der Waals surface area contributed by atoms with E-state index in [-0.39, 0.29) is 0 Å². The fraction of sp³-hybridized carbons (Fsp3) is 0.607. The molecule has 3 heterocycles. The molecule has 1 fully saturated rings. The van der Waals surface area contributed by atoms with Gasteiger partial charge < -0.3 is 15.5 Å². The van der Waals surface area contributed by atoms with Gasteiger partial charge in [0.2, 0.25) is 5.95 Å². The van der Waals surface area contributed by atoms with Crippen LogP contribution < -0.4 is 10.6 Å². The number of anilines is 3. The lowest BCUT2D eigenvalue weighted by atomic mass is 9.91. The highest BCUT2D eigenvalue weighted by atomic mass is 15.2. The zero-order valence-corrected chi connectivity index (χ0v) is 22.2. The van der Waals surface area contributed by atoms with Crippen molar-refractivity contribution in [3.63, 3.8) is 0 Å². The Balaban J connectivity index is 1.65. The van der Waals surface area contributed by atoms with E-state index in [0.29, 0.717) is 17.9 Å². The first-order valence-corrected chi connectivity index (χ1v) is 13.5. The number of rotatable bonds is 13. The van der Waals surface area contributed by atoms with Gasteiger partial charge in [0.1, 0.15) is 5.82 Å². The summed E-state index contributed by atoms with van der Waals surface area (Å²) in [7, 11) is 2.17. The van der Waals surface area contributed by atoms with Gasteiger partial charge in [-0.3, -0.25) is 5.10 Å². The minimum Gasteiger partial charge on any atom is -0.351 e. The summed E-state index contributed by atoms with van der Waals surface area (Å²) in [5.74, 6) is 3.60. The zero-order chi connectivity index (χ0) is 24.8. The molecule has 2 atom stereocenters. The number of aromatic nitrogens is 4. The molecule has 0 amide bonds. The Morgan fingerprint density at radius 2 is 1.91 bits per heavy atom. The highest BCUT2D eigenvalue weighted by molar-refractivity contribution is 5.92. The number of hydrogen-bond donors (Lipinski definition) is 3. The van der Waals surface area contributed by atoms with Crippen LogP contribution in [-0.2, 0) is 0 Å². The molecule has 7 nitrogen and oxygen atoms in total. The smallest absolute Gasteiger partial charge is 0.225 e. The summed E-state index contributed by atoms with van der Waals surface area (Å²) < 4.78 is 0. The van der Waals surface area contributed by atoms with E-state index in [1.807, 2.05) is 13.0 Å². The van der Waals surface area contributed by atoms with Crippen LogP contribution in [0.1, 0.15) is 82.9 Å². The topological polar surface area (TPSA) is 81.8 Å². The first-order chi connectivity index (χ1) is 17.0. The van der Waals surface area contributed by atoms with Gasteiger partial charge in [-0.2, -0.15) is 10.1 Å². The Morgan fingerprint density at radius 3 is 2.57 bits per heavy atom. The number of nitrogens with one attached hydrogen (secondary N) is 3. The molecule has 0 saturated carbocycles. The third-order valence-corrected chi connectivity index (χ3v) is 7.34. The van der Waals surface area contributed by atoms with Crippen LogP contribution in [-0.4, -0.2) is 51.2 Å². The van der Waals surface area contributed by atoms with Crippen molar-refractivity contribution in [1.82, 2.24) is 25.1 Å². The van der Waals surface area contributed by atoms with Crippen LogP contribution >= 0.6 is 0 Å². The number of unbranched alkanes of at least 4 members (excludes halogenated alkanes) is 1. The fourth-order valence-corrected chi connectivity index (χ4v) is 5.25. The maximum absolute atomic E-state index is 5.03. The Morgan fingerprint density at radius 1 is 1.09 bits per heavy atom. The lowest BCUT2D eigenvalue weighted by Crippen LogP contribution is -2.41. The average Bonchev–Trinajstić information content (AvgIpc) is 3.24. The van der Waals surface area contributed by atoms with Crippen LogP contribution in [0.4, 0.5) is 17.6 Å². The van der Waals surface area contributed by atoms with E-state index in [9.17, 15) is 0 Å². The van der Waals surface area contributed by atoms with Crippen molar-refractivity contribution in [1.29, 1.82) is 0 Å². The molecule has 4 rings (SSSR count). The molecule has 0 radical (unpaired) electrons. The molecule has 1 aliphatic rings. The number of hydrogen-bond acceptors (Lipinski definition) is 6. The van der Waals surface area contributed by atoms with E-state index in [2.05, 4.69) is 71.7 Å². The second kappa shape index (κ2) is 11.8. The number of nitrogens with zero attached hydrogens (tertiary/aromatic N) is 4. The lowest BCUT2D eigenvalue weighted by molar-refractivity contribution is 0.190. The van der Waals surface area contributed by atoms with Crippen LogP contribution in [0.5, 0.6) is 0 Å². The minimum absolute atomic E-state index is 0.382. The molecule has 7 heteroatoms. The van der Waals surface area contributed by atoms with Crippen LogP contribution in [0.2, 0.25) is 0 Å². The maximum Gasteiger partial charge on any atom is 0.225 e. The number of likely N-dealkylation sites (tertiary alicyclic amines) is 1. The van der Waals surface area contributed by atoms with Crippen LogP contribution in [0.15, 0.2) is 24.3 Å². The van der Waals surface area contributed by atoms with Gasteiger partial charge in [0.15, 0.2) is 5.82 Å². The zero-order valence-electron chi connectivity index (χ0n) is 22.2. The molecule has 1 aliphatic heterocycles. The van der Waals surface area contributed by atoms with Crippen molar-refractivity contribution in [3.05, 3.63) is 35.5 Å². The fourth-order valence-electron chi connectivity index (χ4n) is 5.25. The Labute approximate surface area is 210 Å². The highest BCUT2D eigenvalue weighted by Crippen LogP contribution is 2.32. The minimum atomic E-state index is 0.382. The second-order valence-electron chi connectivity index (χ2n) is 10.4. The van der Waals surface area contributed by atoms with Crippen molar-refractivity contribution in [3.8, 4) is 0 Å². The molecule has 1 aromatic carbocycles. The molecule has 0 bridgehead atoms. The first-order valence-electron chi connectivity index (χ1n) is 13.5. The van der Waals surface area contributed by atoms with E-state index >= 15 is 0 Å². The highest BCUT2D eigenvalue weighted by Gasteiger charge is 2.25. The largest absolute Gasteiger partial charge is 0.351 e. The van der Waals surface area contributed by atoms with Gasteiger partial charge in [-0.25, -0.2) is 4.98 Å². The Bertz CT molecular complexity index is 1090. The molecular formula is C28H43N7. The number of aryl methyl sites for hydroxylation is 1. The first kappa shape index (κ1) is 25.4. The SMILES string of the molecule is CCCCC(CC(CC)CCC)Nc1nc(Nc2cc(C)[nH]n2)c2ccc(C3CN(C)C3)cc2n1. The van der Waals surface area contributed by atoms with Gasteiger partial charge in [0.05, 0.1) is 5.52 Å². The van der Waals surface area contributed by atoms with Gasteiger partial charge in [0.25, 0.3) is 0 Å². The van der Waals surface area contributed by atoms with E-state index in [1.165, 1.54) is 44.1 Å². The quantitative estimate of drug-likeness (QED) is 0.257. The summed E-state index contributed by atoms with van der Waals surface area (Å²) in [6, 6.07) is 9.04. The summed E-state index contributed by atoms with van der Waals surface area (Å²) >= 11 is 0. The summed E-state index contributed by atoms with van der Waals surface area (Å²) in [4.78, 5) is 12.3. The Kier molecular flexibility index (Phi) is 8.60. The van der Waals surface area contributed by atoms with Gasteiger partial charge in [-0.05, 0) is 50.4 Å². The van der Waals surface area contributed by atoms with Gasteiger partial charge in [0, 0.05) is 42.2 Å². The van der Waals surface area contributed by atoms with Gasteiger partial charge in [-0.15, -0.1) is 0 Å². The maximum atomic E-state index is 5.03. The van der Waals surface area contributed by atoms with Crippen molar-refractivity contribution in [2.24, 2.45) is 5.92 Å².